The zero-order chi connectivity index (χ0) is 24.0. The molecular formula is C20H22N8O3S2. The van der Waals surface area contributed by atoms with Gasteiger partial charge in [0.1, 0.15) is 5.01 Å². The predicted molar refractivity (Wildman–Crippen MR) is 128 cm³/mol. The quantitative estimate of drug-likeness (QED) is 0.300. The number of sulfonamides is 1. The first-order valence-corrected chi connectivity index (χ1v) is 11.8. The smallest absolute Gasteiger partial charge is 0.285 e. The van der Waals surface area contributed by atoms with Gasteiger partial charge >= 0.3 is 0 Å². The van der Waals surface area contributed by atoms with Crippen LogP contribution < -0.4 is 22.1 Å². The van der Waals surface area contributed by atoms with Gasteiger partial charge in [-0.1, -0.05) is 41.7 Å². The largest absolute Gasteiger partial charge is 0.369 e. The molecule has 6 N–H and O–H groups in total. The number of carbonyl (C=O) groups excluding carboxylic acids is 1. The maximum atomic E-state index is 12.5. The van der Waals surface area contributed by atoms with Crippen molar-refractivity contribution in [3.63, 3.8) is 0 Å². The van der Waals surface area contributed by atoms with Crippen LogP contribution in [-0.2, 0) is 21.2 Å². The Balaban J connectivity index is 1.69. The molecule has 1 heterocycles. The fraction of sp³-hybridized carbons (Fsp3) is 0.150. The van der Waals surface area contributed by atoms with Gasteiger partial charge in [-0.15, -0.1) is 14.6 Å². The fourth-order valence-corrected chi connectivity index (χ4v) is 4.46. The first-order chi connectivity index (χ1) is 15.6. The first-order valence-electron chi connectivity index (χ1n) is 9.58. The number of aromatic nitrogens is 2. The van der Waals surface area contributed by atoms with E-state index in [1.54, 1.807) is 6.92 Å². The molecule has 3 aromatic rings. The second kappa shape index (κ2) is 10.2. The number of aliphatic imine (C=N–C) groups is 1. The Morgan fingerprint density at radius 1 is 1.09 bits per heavy atom. The van der Waals surface area contributed by atoms with Crippen molar-refractivity contribution in [1.82, 2.24) is 15.5 Å². The van der Waals surface area contributed by atoms with Crippen LogP contribution in [0.3, 0.4) is 0 Å². The van der Waals surface area contributed by atoms with Crippen molar-refractivity contribution in [2.45, 2.75) is 25.2 Å². The van der Waals surface area contributed by atoms with Gasteiger partial charge in [-0.05, 0) is 36.2 Å². The summed E-state index contributed by atoms with van der Waals surface area (Å²) in [6, 6.07) is 13.9. The Morgan fingerprint density at radius 2 is 1.82 bits per heavy atom. The second-order valence-corrected chi connectivity index (χ2v) is 9.52. The Kier molecular flexibility index (Phi) is 7.35. The van der Waals surface area contributed by atoms with Crippen LogP contribution in [-0.4, -0.2) is 36.4 Å². The van der Waals surface area contributed by atoms with Crippen molar-refractivity contribution >= 4 is 50.0 Å². The molecule has 0 radical (unpaired) electrons. The molecule has 0 spiro atoms. The topological polar surface area (TPSA) is 178 Å². The minimum atomic E-state index is -4.12. The van der Waals surface area contributed by atoms with Gasteiger partial charge in [0.05, 0.1) is 4.90 Å². The van der Waals surface area contributed by atoms with Gasteiger partial charge in [-0.2, -0.15) is 13.4 Å². The van der Waals surface area contributed by atoms with Crippen LogP contribution in [0.5, 0.6) is 0 Å². The monoisotopic (exact) mass is 486 g/mol. The van der Waals surface area contributed by atoms with E-state index < -0.39 is 16.0 Å². The van der Waals surface area contributed by atoms with E-state index in [4.69, 9.17) is 11.5 Å². The molecule has 0 aliphatic rings. The fourth-order valence-electron chi connectivity index (χ4n) is 2.73. The van der Waals surface area contributed by atoms with Crippen molar-refractivity contribution in [2.75, 3.05) is 5.32 Å². The number of amides is 1. The summed E-state index contributed by atoms with van der Waals surface area (Å²) in [7, 11) is -4.12. The van der Waals surface area contributed by atoms with Crippen LogP contribution >= 0.6 is 11.3 Å². The zero-order valence-electron chi connectivity index (χ0n) is 17.8. The summed E-state index contributed by atoms with van der Waals surface area (Å²) in [5, 5.41) is 14.1. The Morgan fingerprint density at radius 3 is 2.48 bits per heavy atom. The summed E-state index contributed by atoms with van der Waals surface area (Å²) in [5.74, 6) is -0.919. The number of anilines is 1. The molecule has 0 aliphatic carbocycles. The highest BCUT2D eigenvalue weighted by Gasteiger charge is 2.16. The molecule has 0 bridgehead atoms. The number of nitrogens with two attached hydrogens (primary N) is 2. The van der Waals surface area contributed by atoms with Crippen LogP contribution in [0.1, 0.15) is 23.1 Å². The average Bonchev–Trinajstić information content (AvgIpc) is 3.15. The lowest BCUT2D eigenvalue weighted by Crippen LogP contribution is -2.41. The van der Waals surface area contributed by atoms with Crippen molar-refractivity contribution in [3.05, 3.63) is 64.7 Å². The summed E-state index contributed by atoms with van der Waals surface area (Å²) in [4.78, 5) is 15.2. The molecule has 0 fully saturated rings. The minimum absolute atomic E-state index is 0.0935. The van der Waals surface area contributed by atoms with Crippen LogP contribution in [0, 0.1) is 6.92 Å². The van der Waals surface area contributed by atoms with Crippen molar-refractivity contribution in [3.8, 4) is 0 Å². The summed E-state index contributed by atoms with van der Waals surface area (Å²) in [6.45, 7) is 3.02. The molecule has 3 rings (SSSR count). The predicted octanol–water partition coefficient (Wildman–Crippen LogP) is 1.64. The van der Waals surface area contributed by atoms with Gasteiger partial charge in [0.15, 0.2) is 0 Å². The SMILES string of the molecule is CC(=O)Nc1ccc(S(=O)(=O)/N=C(\N)N/C(N)=N/c2nnc(Cc3ccccc3)s2)cc1C. The third-order valence-corrected chi connectivity index (χ3v) is 6.26. The third kappa shape index (κ3) is 6.82. The Bertz CT molecular complexity index is 1320. The molecule has 0 aliphatic heterocycles. The minimum Gasteiger partial charge on any atom is -0.369 e. The van der Waals surface area contributed by atoms with Gasteiger partial charge in [-0.3, -0.25) is 10.1 Å². The van der Waals surface area contributed by atoms with Crippen molar-refractivity contribution < 1.29 is 13.2 Å². The highest BCUT2D eigenvalue weighted by Crippen LogP contribution is 2.22. The highest BCUT2D eigenvalue weighted by molar-refractivity contribution is 7.90. The molecule has 1 amide bonds. The van der Waals surface area contributed by atoms with E-state index in [0.717, 1.165) is 10.6 Å². The number of benzene rings is 2. The van der Waals surface area contributed by atoms with Crippen LogP contribution in [0.4, 0.5) is 10.8 Å². The number of guanidine groups is 2. The number of carbonyl (C=O) groups is 1. The van der Waals surface area contributed by atoms with E-state index in [-0.39, 0.29) is 21.9 Å². The molecule has 0 unspecified atom stereocenters. The molecular weight excluding hydrogens is 464 g/mol. The number of rotatable bonds is 6. The number of nitrogens with zero attached hydrogens (tertiary/aromatic N) is 4. The maximum absolute atomic E-state index is 12.5. The van der Waals surface area contributed by atoms with E-state index in [0.29, 0.717) is 17.7 Å². The van der Waals surface area contributed by atoms with E-state index in [2.05, 4.69) is 30.2 Å². The first kappa shape index (κ1) is 23.8. The van der Waals surface area contributed by atoms with Gasteiger partial charge < -0.3 is 16.8 Å². The average molecular weight is 487 g/mol. The van der Waals surface area contributed by atoms with E-state index >= 15 is 0 Å². The number of hydrogen-bond donors (Lipinski definition) is 4. The van der Waals surface area contributed by atoms with Gasteiger partial charge in [-0.25, -0.2) is 0 Å². The van der Waals surface area contributed by atoms with Crippen LogP contribution in [0.15, 0.2) is 62.8 Å². The second-order valence-electron chi connectivity index (χ2n) is 6.87. The Hall–Kier alpha value is -3.84. The van der Waals surface area contributed by atoms with Gasteiger partial charge in [0.2, 0.25) is 23.0 Å². The summed E-state index contributed by atoms with van der Waals surface area (Å²) in [6.07, 6.45) is 0.601. The molecule has 13 heteroatoms. The van der Waals surface area contributed by atoms with Crippen molar-refractivity contribution in [1.29, 1.82) is 0 Å². The van der Waals surface area contributed by atoms with E-state index in [9.17, 15) is 13.2 Å². The molecule has 172 valence electrons. The highest BCUT2D eigenvalue weighted by atomic mass is 32.2. The van der Waals surface area contributed by atoms with Crippen molar-refractivity contribution in [2.24, 2.45) is 20.9 Å². The number of hydrogen-bond acceptors (Lipinski definition) is 7. The number of nitrogens with one attached hydrogen (secondary N) is 2. The maximum Gasteiger partial charge on any atom is 0.285 e. The lowest BCUT2D eigenvalue weighted by molar-refractivity contribution is -0.114. The lowest BCUT2D eigenvalue weighted by Gasteiger charge is -2.08. The molecule has 0 saturated heterocycles. The Labute approximate surface area is 194 Å². The lowest BCUT2D eigenvalue weighted by atomic mass is 10.2. The normalized spacial score (nSPS) is 12.4. The van der Waals surface area contributed by atoms with E-state index in [1.165, 1.54) is 36.5 Å². The van der Waals surface area contributed by atoms with Gasteiger partial charge in [0, 0.05) is 19.0 Å². The molecule has 11 nitrogen and oxygen atoms in total. The van der Waals surface area contributed by atoms with E-state index in [1.807, 2.05) is 30.3 Å². The summed E-state index contributed by atoms with van der Waals surface area (Å²) < 4.78 is 28.6. The molecule has 2 aromatic carbocycles. The standard InChI is InChI=1S/C20H22N8O3S2/c1-12-10-15(8-9-16(12)23-13(2)29)33(30,31)28-19(22)24-18(21)25-20-27-26-17(32-20)11-14-6-4-3-5-7-14/h3-10H,11H2,1-2H3,(H,23,29)(H5,21,22,24,25,27,28). The molecule has 1 aromatic heterocycles. The van der Waals surface area contributed by atoms with Gasteiger partial charge in [0.25, 0.3) is 10.0 Å². The molecule has 33 heavy (non-hydrogen) atoms. The molecule has 0 atom stereocenters. The summed E-state index contributed by atoms with van der Waals surface area (Å²) >= 11 is 1.24. The summed E-state index contributed by atoms with van der Waals surface area (Å²) in [5.41, 5.74) is 13.6. The number of aryl methyl sites for hydroxylation is 1. The molecule has 0 saturated carbocycles. The van der Waals surface area contributed by atoms with Crippen LogP contribution in [0.25, 0.3) is 0 Å². The third-order valence-electron chi connectivity index (χ3n) is 4.15. The zero-order valence-corrected chi connectivity index (χ0v) is 19.4. The van der Waals surface area contributed by atoms with Crippen LogP contribution in [0.2, 0.25) is 0 Å².